The van der Waals surface area contributed by atoms with Crippen molar-refractivity contribution in [2.24, 2.45) is 0 Å². The fourth-order valence-corrected chi connectivity index (χ4v) is 4.81. The summed E-state index contributed by atoms with van der Waals surface area (Å²) in [6.45, 7) is 4.84. The van der Waals surface area contributed by atoms with Gasteiger partial charge < -0.3 is 4.90 Å². The van der Waals surface area contributed by atoms with Crippen LogP contribution in [0.4, 0.5) is 10.1 Å². The molecule has 0 aliphatic carbocycles. The molecule has 2 aromatic rings. The molecular formula is C21H26FN3O3S. The Morgan fingerprint density at radius 2 is 1.72 bits per heavy atom. The third kappa shape index (κ3) is 5.33. The summed E-state index contributed by atoms with van der Waals surface area (Å²) in [7, 11) is -3.76. The molecule has 0 aromatic heterocycles. The average molecular weight is 420 g/mol. The second-order valence-electron chi connectivity index (χ2n) is 7.30. The van der Waals surface area contributed by atoms with E-state index in [9.17, 15) is 17.6 Å². The van der Waals surface area contributed by atoms with Crippen LogP contribution >= 0.6 is 0 Å². The molecule has 3 rings (SSSR count). The molecule has 0 radical (unpaired) electrons. The van der Waals surface area contributed by atoms with Gasteiger partial charge >= 0.3 is 0 Å². The minimum atomic E-state index is -3.76. The predicted octanol–water partition coefficient (Wildman–Crippen LogP) is 2.32. The molecule has 0 spiro atoms. The number of benzene rings is 2. The van der Waals surface area contributed by atoms with Gasteiger partial charge in [-0.2, -0.15) is 0 Å². The lowest BCUT2D eigenvalue weighted by Crippen LogP contribution is -2.55. The molecule has 2 aromatic carbocycles. The van der Waals surface area contributed by atoms with Crippen molar-refractivity contribution in [3.05, 3.63) is 66.0 Å². The molecule has 1 atom stereocenters. The fourth-order valence-electron chi connectivity index (χ4n) is 3.65. The first-order valence-electron chi connectivity index (χ1n) is 9.56. The quantitative estimate of drug-likeness (QED) is 0.721. The van der Waals surface area contributed by atoms with Gasteiger partial charge in [0.2, 0.25) is 15.9 Å². The third-order valence-electron chi connectivity index (χ3n) is 5.06. The summed E-state index contributed by atoms with van der Waals surface area (Å²) in [6.07, 6.45) is 1.03. The molecule has 0 bridgehead atoms. The zero-order valence-corrected chi connectivity index (χ0v) is 17.5. The molecule has 1 heterocycles. The summed E-state index contributed by atoms with van der Waals surface area (Å²) < 4.78 is 39.3. The predicted molar refractivity (Wildman–Crippen MR) is 111 cm³/mol. The number of carbonyl (C=O) groups excluding carboxylic acids is 1. The van der Waals surface area contributed by atoms with Crippen LogP contribution in [0.2, 0.25) is 0 Å². The molecule has 1 saturated heterocycles. The van der Waals surface area contributed by atoms with Gasteiger partial charge in [0.05, 0.1) is 11.9 Å². The molecule has 29 heavy (non-hydrogen) atoms. The zero-order valence-electron chi connectivity index (χ0n) is 16.7. The monoisotopic (exact) mass is 419 g/mol. The Labute approximate surface area is 171 Å². The van der Waals surface area contributed by atoms with Crippen molar-refractivity contribution in [2.75, 3.05) is 36.7 Å². The van der Waals surface area contributed by atoms with Gasteiger partial charge in [0.1, 0.15) is 11.9 Å². The summed E-state index contributed by atoms with van der Waals surface area (Å²) in [5, 5.41) is 0. The molecular weight excluding hydrogens is 393 g/mol. The first-order valence-corrected chi connectivity index (χ1v) is 11.4. The number of hydrogen-bond donors (Lipinski definition) is 0. The maximum atomic E-state index is 13.6. The highest BCUT2D eigenvalue weighted by Crippen LogP contribution is 2.23. The van der Waals surface area contributed by atoms with E-state index in [1.165, 1.54) is 23.8 Å². The molecule has 6 nitrogen and oxygen atoms in total. The summed E-state index contributed by atoms with van der Waals surface area (Å²) in [5.41, 5.74) is 1.37. The van der Waals surface area contributed by atoms with Crippen LogP contribution in [0.25, 0.3) is 0 Å². The fraction of sp³-hybridized carbons (Fsp3) is 0.381. The zero-order chi connectivity index (χ0) is 21.0. The largest absolute Gasteiger partial charge is 0.338 e. The third-order valence-corrected chi connectivity index (χ3v) is 6.30. The van der Waals surface area contributed by atoms with Crippen LogP contribution in [0.15, 0.2) is 54.6 Å². The molecule has 156 valence electrons. The summed E-state index contributed by atoms with van der Waals surface area (Å²) >= 11 is 0. The van der Waals surface area contributed by atoms with Crippen LogP contribution in [0.1, 0.15) is 12.5 Å². The Bertz CT molecular complexity index is 945. The van der Waals surface area contributed by atoms with E-state index in [1.54, 1.807) is 11.8 Å². The number of piperazine rings is 1. The molecule has 8 heteroatoms. The first kappa shape index (κ1) is 21.3. The van der Waals surface area contributed by atoms with Gasteiger partial charge in [0.15, 0.2) is 0 Å². The standard InChI is InChI=1S/C21H26FN3O3S/c1-17(25(29(2,27)28)20-10-6-9-19(22)15-20)21(26)24-13-11-23(12-14-24)16-18-7-4-3-5-8-18/h3-10,15,17H,11-14,16H2,1-2H3/t17-/m1/s1. The van der Waals surface area contributed by atoms with Crippen LogP contribution in [-0.4, -0.2) is 62.6 Å². The van der Waals surface area contributed by atoms with Gasteiger partial charge in [0.25, 0.3) is 0 Å². The van der Waals surface area contributed by atoms with E-state index in [2.05, 4.69) is 17.0 Å². The summed E-state index contributed by atoms with van der Waals surface area (Å²) in [4.78, 5) is 17.0. The second kappa shape index (κ2) is 8.92. The average Bonchev–Trinajstić information content (AvgIpc) is 2.68. The van der Waals surface area contributed by atoms with Gasteiger partial charge in [-0.15, -0.1) is 0 Å². The van der Waals surface area contributed by atoms with Crippen molar-refractivity contribution in [1.29, 1.82) is 0 Å². The van der Waals surface area contributed by atoms with E-state index >= 15 is 0 Å². The molecule has 1 aliphatic heterocycles. The molecule has 0 saturated carbocycles. The summed E-state index contributed by atoms with van der Waals surface area (Å²) in [6, 6.07) is 14.5. The highest BCUT2D eigenvalue weighted by Gasteiger charge is 2.33. The highest BCUT2D eigenvalue weighted by molar-refractivity contribution is 7.92. The van der Waals surface area contributed by atoms with Crippen molar-refractivity contribution in [2.45, 2.75) is 19.5 Å². The van der Waals surface area contributed by atoms with Gasteiger partial charge in [0, 0.05) is 32.7 Å². The Kier molecular flexibility index (Phi) is 6.54. The highest BCUT2D eigenvalue weighted by atomic mass is 32.2. The van der Waals surface area contributed by atoms with Crippen molar-refractivity contribution >= 4 is 21.6 Å². The Hall–Kier alpha value is -2.45. The molecule has 1 amide bonds. The van der Waals surface area contributed by atoms with E-state index in [-0.39, 0.29) is 11.6 Å². The lowest BCUT2D eigenvalue weighted by Gasteiger charge is -2.38. The van der Waals surface area contributed by atoms with Crippen LogP contribution in [0.3, 0.4) is 0 Å². The van der Waals surface area contributed by atoms with Crippen LogP contribution in [0, 0.1) is 5.82 Å². The van der Waals surface area contributed by atoms with Gasteiger partial charge in [-0.1, -0.05) is 36.4 Å². The topological polar surface area (TPSA) is 60.9 Å². The maximum Gasteiger partial charge on any atom is 0.246 e. The van der Waals surface area contributed by atoms with Crippen molar-refractivity contribution in [1.82, 2.24) is 9.80 Å². The Morgan fingerprint density at radius 1 is 1.07 bits per heavy atom. The first-order chi connectivity index (χ1) is 13.8. The van der Waals surface area contributed by atoms with Crippen molar-refractivity contribution in [3.8, 4) is 0 Å². The van der Waals surface area contributed by atoms with Crippen molar-refractivity contribution < 1.29 is 17.6 Å². The SMILES string of the molecule is C[C@H](C(=O)N1CCN(Cc2ccccc2)CC1)N(c1cccc(F)c1)S(C)(=O)=O. The van der Waals surface area contributed by atoms with Crippen LogP contribution < -0.4 is 4.31 Å². The number of hydrogen-bond acceptors (Lipinski definition) is 4. The number of nitrogens with zero attached hydrogens (tertiary/aromatic N) is 3. The maximum absolute atomic E-state index is 13.6. The number of amides is 1. The van der Waals surface area contributed by atoms with Gasteiger partial charge in [-0.25, -0.2) is 12.8 Å². The van der Waals surface area contributed by atoms with E-state index in [1.807, 2.05) is 18.2 Å². The lowest BCUT2D eigenvalue weighted by molar-refractivity contribution is -0.133. The smallest absolute Gasteiger partial charge is 0.246 e. The van der Waals surface area contributed by atoms with E-state index < -0.39 is 21.9 Å². The Morgan fingerprint density at radius 3 is 2.31 bits per heavy atom. The molecule has 0 unspecified atom stereocenters. The minimum Gasteiger partial charge on any atom is -0.338 e. The number of carbonyl (C=O) groups is 1. The number of rotatable bonds is 6. The van der Waals surface area contributed by atoms with Gasteiger partial charge in [-0.05, 0) is 30.7 Å². The lowest BCUT2D eigenvalue weighted by atomic mass is 10.2. The Balaban J connectivity index is 1.67. The normalized spacial score (nSPS) is 16.4. The number of anilines is 1. The molecule has 1 aliphatic rings. The van der Waals surface area contributed by atoms with E-state index in [4.69, 9.17) is 0 Å². The van der Waals surface area contributed by atoms with Crippen LogP contribution in [0.5, 0.6) is 0 Å². The molecule has 1 fully saturated rings. The number of halogens is 1. The van der Waals surface area contributed by atoms with Gasteiger partial charge in [-0.3, -0.25) is 14.0 Å². The van der Waals surface area contributed by atoms with E-state index in [0.29, 0.717) is 26.2 Å². The minimum absolute atomic E-state index is 0.149. The van der Waals surface area contributed by atoms with E-state index in [0.717, 1.165) is 23.2 Å². The summed E-state index contributed by atoms with van der Waals surface area (Å²) in [5.74, 6) is -0.829. The second-order valence-corrected chi connectivity index (χ2v) is 9.16. The number of sulfonamides is 1. The van der Waals surface area contributed by atoms with Crippen molar-refractivity contribution in [3.63, 3.8) is 0 Å². The molecule has 0 N–H and O–H groups in total. The van der Waals surface area contributed by atoms with Crippen LogP contribution in [-0.2, 0) is 21.4 Å².